The van der Waals surface area contributed by atoms with Crippen LogP contribution in [0.25, 0.3) is 11.2 Å². The molecule has 1 saturated heterocycles. The van der Waals surface area contributed by atoms with E-state index in [-0.39, 0.29) is 11.5 Å². The van der Waals surface area contributed by atoms with E-state index in [2.05, 4.69) is 9.97 Å². The number of piperazine rings is 1. The molecule has 0 unspecified atom stereocenters. The van der Waals surface area contributed by atoms with Crippen LogP contribution in [0, 0.1) is 5.92 Å². The molecule has 0 N–H and O–H groups in total. The Balaban J connectivity index is 1.39. The molecule has 1 aromatic carbocycles. The van der Waals surface area contributed by atoms with Crippen molar-refractivity contribution in [3.63, 3.8) is 0 Å². The zero-order chi connectivity index (χ0) is 21.9. The van der Waals surface area contributed by atoms with E-state index in [4.69, 9.17) is 0 Å². The molecule has 1 amide bonds. The smallest absolute Gasteiger partial charge is 0.295 e. The molecule has 1 saturated carbocycles. The predicted molar refractivity (Wildman–Crippen MR) is 125 cm³/mol. The number of nitrogens with zero attached hydrogens (tertiary/aromatic N) is 5. The van der Waals surface area contributed by atoms with Crippen LogP contribution >= 0.6 is 0 Å². The normalized spacial score (nSPS) is 17.6. The van der Waals surface area contributed by atoms with Crippen molar-refractivity contribution in [2.75, 3.05) is 31.1 Å². The summed E-state index contributed by atoms with van der Waals surface area (Å²) in [5.41, 5.74) is 2.21. The van der Waals surface area contributed by atoms with Crippen molar-refractivity contribution in [1.82, 2.24) is 19.4 Å². The molecule has 2 aromatic heterocycles. The van der Waals surface area contributed by atoms with E-state index in [1.807, 2.05) is 52.3 Å². The minimum Gasteiger partial charge on any atom is -0.348 e. The third-order valence-electron chi connectivity index (χ3n) is 6.71. The van der Waals surface area contributed by atoms with Gasteiger partial charge in [-0.05, 0) is 30.5 Å². The van der Waals surface area contributed by atoms with Crippen molar-refractivity contribution in [3.05, 3.63) is 64.6 Å². The summed E-state index contributed by atoms with van der Waals surface area (Å²) in [6, 6.07) is 13.7. The molecule has 3 aromatic rings. The number of carbonyl (C=O) groups excluding carboxylic acids is 1. The highest BCUT2D eigenvalue weighted by atomic mass is 16.2. The molecule has 0 bridgehead atoms. The Morgan fingerprint density at radius 2 is 1.69 bits per heavy atom. The third-order valence-corrected chi connectivity index (χ3v) is 6.71. The molecule has 166 valence electrons. The summed E-state index contributed by atoms with van der Waals surface area (Å²) < 4.78 is 1.71. The minimum atomic E-state index is -0.132. The number of hydrogen-bond donors (Lipinski definition) is 0. The fraction of sp³-hybridized carbons (Fsp3) is 0.440. The number of benzene rings is 1. The van der Waals surface area contributed by atoms with Gasteiger partial charge in [0, 0.05) is 38.3 Å². The molecule has 0 radical (unpaired) electrons. The number of aromatic nitrogens is 3. The fourth-order valence-electron chi connectivity index (χ4n) is 4.93. The van der Waals surface area contributed by atoms with E-state index in [1.165, 1.54) is 6.42 Å². The molecular weight excluding hydrogens is 402 g/mol. The highest BCUT2D eigenvalue weighted by Crippen LogP contribution is 2.26. The molecule has 1 aliphatic carbocycles. The van der Waals surface area contributed by atoms with E-state index in [1.54, 1.807) is 10.8 Å². The van der Waals surface area contributed by atoms with Gasteiger partial charge in [-0.3, -0.25) is 14.2 Å². The van der Waals surface area contributed by atoms with Gasteiger partial charge in [0.2, 0.25) is 5.91 Å². The molecule has 0 atom stereocenters. The molecule has 2 fully saturated rings. The van der Waals surface area contributed by atoms with Crippen LogP contribution in [-0.4, -0.2) is 51.5 Å². The first-order valence-corrected chi connectivity index (χ1v) is 11.6. The maximum atomic E-state index is 13.5. The second-order valence-corrected chi connectivity index (χ2v) is 8.81. The van der Waals surface area contributed by atoms with Crippen molar-refractivity contribution in [1.29, 1.82) is 0 Å². The Kier molecular flexibility index (Phi) is 5.88. The van der Waals surface area contributed by atoms with Gasteiger partial charge in [0.1, 0.15) is 5.52 Å². The number of fused-ring (bicyclic) bond motifs is 1. The lowest BCUT2D eigenvalue weighted by Gasteiger charge is -2.37. The average Bonchev–Trinajstić information content (AvgIpc) is 2.86. The lowest BCUT2D eigenvalue weighted by molar-refractivity contribution is -0.136. The monoisotopic (exact) mass is 431 g/mol. The average molecular weight is 432 g/mol. The minimum absolute atomic E-state index is 0.132. The zero-order valence-electron chi connectivity index (χ0n) is 18.3. The third kappa shape index (κ3) is 4.11. The van der Waals surface area contributed by atoms with Gasteiger partial charge in [0.05, 0.1) is 6.54 Å². The first-order valence-electron chi connectivity index (χ1n) is 11.6. The van der Waals surface area contributed by atoms with E-state index >= 15 is 0 Å². The zero-order valence-corrected chi connectivity index (χ0v) is 18.3. The maximum absolute atomic E-state index is 13.5. The Morgan fingerprint density at radius 1 is 0.938 bits per heavy atom. The first-order chi connectivity index (χ1) is 15.7. The molecule has 2 aliphatic rings. The molecule has 32 heavy (non-hydrogen) atoms. The molecule has 7 heteroatoms. The van der Waals surface area contributed by atoms with Gasteiger partial charge in [-0.1, -0.05) is 49.6 Å². The van der Waals surface area contributed by atoms with Crippen LogP contribution in [0.15, 0.2) is 53.5 Å². The highest BCUT2D eigenvalue weighted by molar-refractivity contribution is 5.79. The SMILES string of the molecule is O=C(C1CCCCC1)N1CCN(c2nc3cccnc3n(Cc3ccccc3)c2=O)CC1. The number of carbonyl (C=O) groups is 1. The largest absolute Gasteiger partial charge is 0.348 e. The van der Waals surface area contributed by atoms with E-state index in [0.717, 1.165) is 31.2 Å². The summed E-state index contributed by atoms with van der Waals surface area (Å²) in [4.78, 5) is 39.5. The van der Waals surface area contributed by atoms with Crippen molar-refractivity contribution in [3.8, 4) is 0 Å². The van der Waals surface area contributed by atoms with Crippen LogP contribution in [0.4, 0.5) is 5.82 Å². The van der Waals surface area contributed by atoms with Gasteiger partial charge in [0.25, 0.3) is 5.56 Å². The van der Waals surface area contributed by atoms with Crippen molar-refractivity contribution < 1.29 is 4.79 Å². The second kappa shape index (κ2) is 9.10. The van der Waals surface area contributed by atoms with Gasteiger partial charge in [0.15, 0.2) is 11.5 Å². The summed E-state index contributed by atoms with van der Waals surface area (Å²) in [5.74, 6) is 0.927. The van der Waals surface area contributed by atoms with Gasteiger partial charge in [-0.25, -0.2) is 9.97 Å². The van der Waals surface area contributed by atoms with Crippen LogP contribution in [-0.2, 0) is 11.3 Å². The lowest BCUT2D eigenvalue weighted by atomic mass is 9.88. The molecule has 5 rings (SSSR count). The summed E-state index contributed by atoms with van der Waals surface area (Å²) in [5, 5.41) is 0. The summed E-state index contributed by atoms with van der Waals surface area (Å²) in [7, 11) is 0. The number of rotatable bonds is 4. The Morgan fingerprint density at radius 3 is 2.44 bits per heavy atom. The van der Waals surface area contributed by atoms with E-state index in [0.29, 0.717) is 55.6 Å². The van der Waals surface area contributed by atoms with Crippen LogP contribution in [0.5, 0.6) is 0 Å². The van der Waals surface area contributed by atoms with Crippen LogP contribution in [0.3, 0.4) is 0 Å². The molecule has 3 heterocycles. The molecule has 1 aliphatic heterocycles. The molecule has 7 nitrogen and oxygen atoms in total. The molecular formula is C25H29N5O2. The van der Waals surface area contributed by atoms with Crippen LogP contribution in [0.1, 0.15) is 37.7 Å². The standard InChI is InChI=1S/C25H29N5O2/c31-24(20-10-5-2-6-11-20)29-16-14-28(15-17-29)23-25(32)30(18-19-8-3-1-4-9-19)22-21(27-23)12-7-13-26-22/h1,3-4,7-9,12-13,20H,2,5-6,10-11,14-18H2. The Labute approximate surface area is 187 Å². The number of pyridine rings is 1. The number of anilines is 1. The Bertz CT molecular complexity index is 1150. The van der Waals surface area contributed by atoms with Gasteiger partial charge < -0.3 is 9.80 Å². The quantitative estimate of drug-likeness (QED) is 0.635. The number of hydrogen-bond acceptors (Lipinski definition) is 5. The first kappa shape index (κ1) is 20.7. The van der Waals surface area contributed by atoms with Crippen LogP contribution in [0.2, 0.25) is 0 Å². The predicted octanol–water partition coefficient (Wildman–Crippen LogP) is 3.07. The second-order valence-electron chi connectivity index (χ2n) is 8.81. The summed E-state index contributed by atoms with van der Waals surface area (Å²) >= 11 is 0. The van der Waals surface area contributed by atoms with Crippen LogP contribution < -0.4 is 10.5 Å². The maximum Gasteiger partial charge on any atom is 0.295 e. The topological polar surface area (TPSA) is 71.3 Å². The van der Waals surface area contributed by atoms with Crippen molar-refractivity contribution in [2.24, 2.45) is 5.92 Å². The highest BCUT2D eigenvalue weighted by Gasteiger charge is 2.29. The van der Waals surface area contributed by atoms with Crippen molar-refractivity contribution in [2.45, 2.75) is 38.6 Å². The lowest BCUT2D eigenvalue weighted by Crippen LogP contribution is -2.52. The van der Waals surface area contributed by atoms with Gasteiger partial charge in [-0.15, -0.1) is 0 Å². The van der Waals surface area contributed by atoms with Crippen molar-refractivity contribution >= 4 is 22.9 Å². The molecule has 0 spiro atoms. The summed E-state index contributed by atoms with van der Waals surface area (Å²) in [6.07, 6.45) is 7.29. The van der Waals surface area contributed by atoms with E-state index < -0.39 is 0 Å². The summed E-state index contributed by atoms with van der Waals surface area (Å²) in [6.45, 7) is 2.97. The van der Waals surface area contributed by atoms with Gasteiger partial charge in [-0.2, -0.15) is 0 Å². The fourth-order valence-corrected chi connectivity index (χ4v) is 4.93. The Hall–Kier alpha value is -3.22. The van der Waals surface area contributed by atoms with E-state index in [9.17, 15) is 9.59 Å². The van der Waals surface area contributed by atoms with Gasteiger partial charge >= 0.3 is 0 Å². The number of amides is 1.